The van der Waals surface area contributed by atoms with Crippen LogP contribution in [0, 0.1) is 5.41 Å². The van der Waals surface area contributed by atoms with Gasteiger partial charge in [0.05, 0.1) is 12.2 Å². The Morgan fingerprint density at radius 1 is 1.17 bits per heavy atom. The number of ether oxygens (including phenoxy) is 1. The molecule has 0 aliphatic carbocycles. The number of para-hydroxylation sites is 2. The van der Waals surface area contributed by atoms with Crippen molar-refractivity contribution in [2.45, 2.75) is 46.1 Å². The number of allylic oxidation sites excluding steroid dienone is 1. The van der Waals surface area contributed by atoms with Crippen LogP contribution in [-0.2, 0) is 11.3 Å². The third kappa shape index (κ3) is 4.63. The van der Waals surface area contributed by atoms with E-state index in [1.54, 1.807) is 11.0 Å². The summed E-state index contributed by atoms with van der Waals surface area (Å²) in [6.45, 7) is 7.78. The predicted octanol–water partition coefficient (Wildman–Crippen LogP) is 6.79. The van der Waals surface area contributed by atoms with Crippen molar-refractivity contribution in [2.75, 3.05) is 6.61 Å². The van der Waals surface area contributed by atoms with Gasteiger partial charge in [0.15, 0.2) is 5.17 Å². The summed E-state index contributed by atoms with van der Waals surface area (Å²) in [7, 11) is 0. The summed E-state index contributed by atoms with van der Waals surface area (Å²) in [6, 6.07) is 16.5. The van der Waals surface area contributed by atoms with Crippen LogP contribution in [0.5, 0.6) is 5.75 Å². The van der Waals surface area contributed by atoms with Crippen molar-refractivity contribution >= 4 is 45.7 Å². The first-order valence-electron chi connectivity index (χ1n) is 12.3. The predicted molar refractivity (Wildman–Crippen MR) is 149 cm³/mol. The Morgan fingerprint density at radius 3 is 2.78 bits per heavy atom. The molecule has 2 aromatic carbocycles. The molecule has 184 valence electrons. The van der Waals surface area contributed by atoms with Gasteiger partial charge in [0.25, 0.3) is 5.91 Å². The van der Waals surface area contributed by atoms with E-state index in [0.717, 1.165) is 46.5 Å². The monoisotopic (exact) mass is 498 g/mol. The van der Waals surface area contributed by atoms with Gasteiger partial charge in [-0.2, -0.15) is 4.99 Å². The Morgan fingerprint density at radius 2 is 1.94 bits per heavy atom. The third-order valence-corrected chi connectivity index (χ3v) is 7.57. The van der Waals surface area contributed by atoms with E-state index in [1.807, 2.05) is 31.3 Å². The Bertz CT molecular complexity index is 1430. The van der Waals surface area contributed by atoms with Gasteiger partial charge in [0.2, 0.25) is 0 Å². The van der Waals surface area contributed by atoms with Gasteiger partial charge in [0.1, 0.15) is 11.6 Å². The Labute approximate surface area is 215 Å². The number of thioether (sulfide) groups is 1. The van der Waals surface area contributed by atoms with Crippen molar-refractivity contribution in [3.63, 3.8) is 0 Å². The molecule has 1 atom stereocenters. The SMILES string of the molecule is CC[C@@H](C)c1ccccc1OCCCn1cc(/C=C2/C(=N)N3C=C(C)SC3=NC2=O)c2ccccc21. The maximum Gasteiger partial charge on any atom is 0.283 e. The quantitative estimate of drug-likeness (QED) is 0.274. The second-order valence-electron chi connectivity index (χ2n) is 9.16. The highest BCUT2D eigenvalue weighted by Crippen LogP contribution is 2.33. The lowest BCUT2D eigenvalue weighted by Gasteiger charge is -2.22. The van der Waals surface area contributed by atoms with Crippen LogP contribution in [0.25, 0.3) is 17.0 Å². The van der Waals surface area contributed by atoms with Gasteiger partial charge in [-0.3, -0.25) is 15.1 Å². The van der Waals surface area contributed by atoms with Crippen LogP contribution in [0.2, 0.25) is 0 Å². The van der Waals surface area contributed by atoms with Crippen LogP contribution < -0.4 is 4.74 Å². The van der Waals surface area contributed by atoms with E-state index in [-0.39, 0.29) is 11.7 Å². The van der Waals surface area contributed by atoms with Crippen LogP contribution in [0.4, 0.5) is 0 Å². The molecule has 0 saturated heterocycles. The van der Waals surface area contributed by atoms with E-state index in [9.17, 15) is 4.79 Å². The summed E-state index contributed by atoms with van der Waals surface area (Å²) >= 11 is 1.42. The molecule has 7 heteroatoms. The highest BCUT2D eigenvalue weighted by Gasteiger charge is 2.33. The van der Waals surface area contributed by atoms with Gasteiger partial charge >= 0.3 is 0 Å². The first-order chi connectivity index (χ1) is 17.5. The van der Waals surface area contributed by atoms with Gasteiger partial charge in [0, 0.05) is 40.3 Å². The maximum atomic E-state index is 12.8. The minimum Gasteiger partial charge on any atom is -0.493 e. The molecule has 0 unspecified atom stereocenters. The lowest BCUT2D eigenvalue weighted by molar-refractivity contribution is -0.114. The number of aryl methyl sites for hydroxylation is 1. The molecule has 3 aromatic rings. The van der Waals surface area contributed by atoms with E-state index in [0.29, 0.717) is 23.3 Å². The summed E-state index contributed by atoms with van der Waals surface area (Å²) in [4.78, 5) is 19.7. The van der Waals surface area contributed by atoms with Crippen molar-refractivity contribution < 1.29 is 9.53 Å². The molecule has 1 N–H and O–H groups in total. The number of benzene rings is 2. The second-order valence-corrected chi connectivity index (χ2v) is 10.4. The summed E-state index contributed by atoms with van der Waals surface area (Å²) < 4.78 is 8.37. The fourth-order valence-corrected chi connectivity index (χ4v) is 5.41. The summed E-state index contributed by atoms with van der Waals surface area (Å²) in [5, 5.41) is 10.2. The topological polar surface area (TPSA) is 70.7 Å². The molecule has 6 nitrogen and oxygen atoms in total. The molecule has 1 amide bonds. The van der Waals surface area contributed by atoms with Gasteiger partial charge in [-0.15, -0.1) is 0 Å². The van der Waals surface area contributed by atoms with Gasteiger partial charge in [-0.05, 0) is 49.5 Å². The smallest absolute Gasteiger partial charge is 0.283 e. The molecular weight excluding hydrogens is 468 g/mol. The molecule has 2 aliphatic heterocycles. The van der Waals surface area contributed by atoms with E-state index >= 15 is 0 Å². The number of amidine groups is 2. The maximum absolute atomic E-state index is 12.8. The fraction of sp³-hybridized carbons (Fsp3) is 0.276. The molecular formula is C29H30N4O2S. The number of hydrogen-bond acceptors (Lipinski definition) is 4. The Balaban J connectivity index is 1.35. The number of carbonyl (C=O) groups excluding carboxylic acids is 1. The lowest BCUT2D eigenvalue weighted by atomic mass is 9.98. The van der Waals surface area contributed by atoms with Crippen LogP contribution in [0.3, 0.4) is 0 Å². The average molecular weight is 499 g/mol. The summed E-state index contributed by atoms with van der Waals surface area (Å²) in [6.07, 6.45) is 7.64. The second kappa shape index (κ2) is 10.2. The number of nitrogens with one attached hydrogen (secondary N) is 1. The first-order valence-corrected chi connectivity index (χ1v) is 13.2. The molecule has 0 spiro atoms. The number of aromatic nitrogens is 1. The highest BCUT2D eigenvalue weighted by atomic mass is 32.2. The zero-order chi connectivity index (χ0) is 25.2. The average Bonchev–Trinajstić information content (AvgIpc) is 3.44. The van der Waals surface area contributed by atoms with Gasteiger partial charge in [-0.25, -0.2) is 0 Å². The molecule has 0 radical (unpaired) electrons. The fourth-order valence-electron chi connectivity index (χ4n) is 4.59. The molecule has 36 heavy (non-hydrogen) atoms. The van der Waals surface area contributed by atoms with Crippen molar-refractivity contribution in [3.8, 4) is 5.75 Å². The number of hydrogen-bond donors (Lipinski definition) is 1. The largest absolute Gasteiger partial charge is 0.493 e. The zero-order valence-electron chi connectivity index (χ0n) is 20.8. The summed E-state index contributed by atoms with van der Waals surface area (Å²) in [5.41, 5.74) is 3.56. The van der Waals surface area contributed by atoms with E-state index in [2.05, 4.69) is 59.9 Å². The van der Waals surface area contributed by atoms with Crippen LogP contribution in [0.15, 0.2) is 76.4 Å². The third-order valence-electron chi connectivity index (χ3n) is 6.68. The van der Waals surface area contributed by atoms with Crippen molar-refractivity contribution in [1.82, 2.24) is 9.47 Å². The molecule has 3 heterocycles. The van der Waals surface area contributed by atoms with E-state index in [1.165, 1.54) is 17.3 Å². The molecule has 2 aliphatic rings. The minimum atomic E-state index is -0.368. The number of amides is 1. The lowest BCUT2D eigenvalue weighted by Crippen LogP contribution is -2.35. The van der Waals surface area contributed by atoms with E-state index in [4.69, 9.17) is 10.1 Å². The molecule has 1 aromatic heterocycles. The first kappa shape index (κ1) is 24.1. The van der Waals surface area contributed by atoms with Crippen molar-refractivity contribution in [2.24, 2.45) is 4.99 Å². The highest BCUT2D eigenvalue weighted by molar-refractivity contribution is 8.17. The molecule has 0 bridgehead atoms. The zero-order valence-corrected chi connectivity index (χ0v) is 21.6. The number of carbonyl (C=O) groups is 1. The normalized spacial score (nSPS) is 17.4. The number of aliphatic imine (C=N–C) groups is 1. The minimum absolute atomic E-state index is 0.166. The Hall–Kier alpha value is -3.58. The molecule has 5 rings (SSSR count). The van der Waals surface area contributed by atoms with Gasteiger partial charge < -0.3 is 9.30 Å². The van der Waals surface area contributed by atoms with Crippen molar-refractivity contribution in [3.05, 3.63) is 82.5 Å². The standard InChI is InChI=1S/C29H30N4O2S/c1-4-19(2)22-10-6-8-13-26(22)35-15-9-14-32-18-21(23-11-5-7-12-25(23)32)16-24-27(30)33-17-20(3)36-29(33)31-28(24)34/h5-8,10-13,16-19,30H,4,9,14-15H2,1-3H3/b24-16-,30-27?/t19-/m1/s1. The van der Waals surface area contributed by atoms with E-state index < -0.39 is 0 Å². The summed E-state index contributed by atoms with van der Waals surface area (Å²) in [5.74, 6) is 1.23. The number of rotatable bonds is 8. The van der Waals surface area contributed by atoms with Crippen LogP contribution in [0.1, 0.15) is 50.7 Å². The molecule has 0 fully saturated rings. The molecule has 0 saturated carbocycles. The van der Waals surface area contributed by atoms with Crippen LogP contribution >= 0.6 is 11.8 Å². The number of fused-ring (bicyclic) bond motifs is 2. The van der Waals surface area contributed by atoms with Crippen LogP contribution in [-0.4, -0.2) is 33.0 Å². The number of nitrogens with zero attached hydrogens (tertiary/aromatic N) is 3. The van der Waals surface area contributed by atoms with Crippen molar-refractivity contribution in [1.29, 1.82) is 5.41 Å². The Kier molecular flexibility index (Phi) is 6.83. The van der Waals surface area contributed by atoms with Gasteiger partial charge in [-0.1, -0.05) is 62.0 Å².